The highest BCUT2D eigenvalue weighted by molar-refractivity contribution is 5.84. The van der Waals surface area contributed by atoms with Crippen LogP contribution < -0.4 is 5.32 Å². The predicted octanol–water partition coefficient (Wildman–Crippen LogP) is 4.14. The number of hydrogen-bond donors (Lipinski definition) is 1. The van der Waals surface area contributed by atoms with Crippen molar-refractivity contribution in [1.82, 2.24) is 10.3 Å². The molecule has 0 bridgehead atoms. The number of pyridine rings is 1. The smallest absolute Gasteiger partial charge is 0.347 e. The van der Waals surface area contributed by atoms with Crippen LogP contribution in [0, 0.1) is 0 Å². The quantitative estimate of drug-likeness (QED) is 0.623. The zero-order valence-corrected chi connectivity index (χ0v) is 13.0. The average molecular weight is 436 g/mol. The van der Waals surface area contributed by atoms with Gasteiger partial charge in [-0.15, -0.1) is 0 Å². The lowest BCUT2D eigenvalue weighted by molar-refractivity contribution is -0.407. The third kappa shape index (κ3) is 3.57. The highest BCUT2D eigenvalue weighted by atomic mass is 19.4. The Morgan fingerprint density at radius 2 is 1.46 bits per heavy atom. The summed E-state index contributed by atoms with van der Waals surface area (Å²) in [5.41, 5.74) is -0.115. The van der Waals surface area contributed by atoms with E-state index in [1.807, 2.05) is 0 Å². The summed E-state index contributed by atoms with van der Waals surface area (Å²) < 4.78 is 156. The fourth-order valence-electron chi connectivity index (χ4n) is 1.68. The van der Waals surface area contributed by atoms with E-state index in [0.717, 1.165) is 17.6 Å². The summed E-state index contributed by atoms with van der Waals surface area (Å²) in [6.07, 6.45) is -3.51. The number of hydrogen-bond acceptors (Lipinski definition) is 2. The minimum Gasteiger partial charge on any atom is -0.347 e. The fourth-order valence-corrected chi connectivity index (χ4v) is 1.68. The minimum atomic E-state index is -7.74. The molecule has 3 nitrogen and oxygen atoms in total. The third-order valence-electron chi connectivity index (χ3n) is 3.34. The van der Waals surface area contributed by atoms with Crippen molar-refractivity contribution in [2.24, 2.45) is 0 Å². The maximum atomic E-state index is 13.5. The van der Waals surface area contributed by atoms with Crippen molar-refractivity contribution in [2.75, 3.05) is 0 Å². The Morgan fingerprint density at radius 1 is 0.929 bits per heavy atom. The van der Waals surface area contributed by atoms with E-state index in [1.54, 1.807) is 0 Å². The molecule has 0 aliphatic heterocycles. The number of nitrogens with one attached hydrogen (secondary N) is 1. The second kappa shape index (κ2) is 7.31. The highest BCUT2D eigenvalue weighted by Gasteiger charge is 2.89. The fraction of sp³-hybridized carbons (Fsp3) is 0.538. The van der Waals surface area contributed by atoms with E-state index < -0.39 is 48.5 Å². The van der Waals surface area contributed by atoms with Crippen LogP contribution >= 0.6 is 0 Å². The first-order valence-electron chi connectivity index (χ1n) is 6.79. The molecule has 1 amide bonds. The maximum Gasteiger partial charge on any atom is 0.392 e. The van der Waals surface area contributed by atoms with E-state index in [1.165, 1.54) is 12.3 Å². The molecule has 0 fully saturated rings. The van der Waals surface area contributed by atoms with Crippen LogP contribution in [0.5, 0.6) is 0 Å². The molecule has 0 atom stereocenters. The normalized spacial score (nSPS) is 14.3. The van der Waals surface area contributed by atoms with E-state index >= 15 is 0 Å². The Kier molecular flexibility index (Phi) is 6.22. The van der Waals surface area contributed by atoms with Crippen molar-refractivity contribution < 1.29 is 57.5 Å². The van der Waals surface area contributed by atoms with Gasteiger partial charge in [-0.2, -0.15) is 43.9 Å². The Bertz CT molecular complexity index is 692. The standard InChI is InChI=1S/C13H8F12N2O/c14-7(15)9(16,17)11(20,21)13(24,25)12(22,23)10(18,19)8(28)27-5-6-2-1-3-26-4-6/h1-4,7H,5H2,(H,27,28). The van der Waals surface area contributed by atoms with E-state index in [4.69, 9.17) is 0 Å². The lowest BCUT2D eigenvalue weighted by Gasteiger charge is -2.38. The number of amides is 1. The van der Waals surface area contributed by atoms with Gasteiger partial charge in [0.1, 0.15) is 0 Å². The molecule has 1 heterocycles. The maximum absolute atomic E-state index is 13.5. The van der Waals surface area contributed by atoms with Gasteiger partial charge in [0.15, 0.2) is 0 Å². The van der Waals surface area contributed by atoms with Crippen LogP contribution in [0.1, 0.15) is 5.56 Å². The second-order valence-corrected chi connectivity index (χ2v) is 5.27. The molecule has 0 unspecified atom stereocenters. The van der Waals surface area contributed by atoms with E-state index in [2.05, 4.69) is 4.98 Å². The summed E-state index contributed by atoms with van der Waals surface area (Å²) in [7, 11) is 0. The molecule has 0 aromatic carbocycles. The monoisotopic (exact) mass is 436 g/mol. The molecule has 0 saturated heterocycles. The molecular weight excluding hydrogens is 428 g/mol. The highest BCUT2D eigenvalue weighted by Crippen LogP contribution is 2.58. The number of alkyl halides is 12. The molecule has 15 heteroatoms. The zero-order valence-electron chi connectivity index (χ0n) is 13.0. The summed E-state index contributed by atoms with van der Waals surface area (Å²) >= 11 is 0. The van der Waals surface area contributed by atoms with Crippen molar-refractivity contribution in [3.05, 3.63) is 30.1 Å². The number of carbonyl (C=O) groups is 1. The first-order chi connectivity index (χ1) is 12.4. The molecule has 0 spiro atoms. The first-order valence-corrected chi connectivity index (χ1v) is 6.79. The Labute approximate surface area is 147 Å². The number of nitrogens with zero attached hydrogens (tertiary/aromatic N) is 1. The van der Waals surface area contributed by atoms with Crippen LogP contribution in [0.4, 0.5) is 52.7 Å². The lowest BCUT2D eigenvalue weighted by atomic mass is 9.94. The van der Waals surface area contributed by atoms with Crippen molar-refractivity contribution in [3.8, 4) is 0 Å². The molecule has 0 radical (unpaired) electrons. The van der Waals surface area contributed by atoms with Crippen molar-refractivity contribution in [1.29, 1.82) is 0 Å². The Morgan fingerprint density at radius 3 is 1.89 bits per heavy atom. The SMILES string of the molecule is O=C(NCc1cccnc1)C(F)(F)C(F)(F)C(F)(F)C(F)(F)C(F)(F)C(F)F. The summed E-state index contributed by atoms with van der Waals surface area (Å²) in [6, 6.07) is 2.30. The van der Waals surface area contributed by atoms with Crippen LogP contribution in [-0.2, 0) is 11.3 Å². The molecule has 160 valence electrons. The lowest BCUT2D eigenvalue weighted by Crippen LogP contribution is -2.70. The Balaban J connectivity index is 3.20. The molecule has 1 N–H and O–H groups in total. The van der Waals surface area contributed by atoms with Gasteiger partial charge in [-0.05, 0) is 11.6 Å². The van der Waals surface area contributed by atoms with Crippen LogP contribution in [0.25, 0.3) is 0 Å². The van der Waals surface area contributed by atoms with Crippen molar-refractivity contribution in [3.63, 3.8) is 0 Å². The number of rotatable bonds is 8. The summed E-state index contributed by atoms with van der Waals surface area (Å²) in [5, 5.41) is 1.01. The first kappa shape index (κ1) is 23.8. The van der Waals surface area contributed by atoms with Gasteiger partial charge in [-0.25, -0.2) is 8.78 Å². The van der Waals surface area contributed by atoms with Gasteiger partial charge < -0.3 is 5.32 Å². The second-order valence-electron chi connectivity index (χ2n) is 5.27. The van der Waals surface area contributed by atoms with E-state index in [9.17, 15) is 57.5 Å². The van der Waals surface area contributed by atoms with Gasteiger partial charge in [0.25, 0.3) is 5.91 Å². The van der Waals surface area contributed by atoms with Gasteiger partial charge in [-0.1, -0.05) is 6.07 Å². The molecule has 1 aromatic heterocycles. The third-order valence-corrected chi connectivity index (χ3v) is 3.34. The van der Waals surface area contributed by atoms with Gasteiger partial charge in [0, 0.05) is 18.9 Å². The molecule has 28 heavy (non-hydrogen) atoms. The molecule has 1 rings (SSSR count). The topological polar surface area (TPSA) is 42.0 Å². The predicted molar refractivity (Wildman–Crippen MR) is 66.8 cm³/mol. The number of carbonyl (C=O) groups excluding carboxylic acids is 1. The molecular formula is C13H8F12N2O. The van der Waals surface area contributed by atoms with Gasteiger partial charge in [0.05, 0.1) is 0 Å². The number of aromatic nitrogens is 1. The van der Waals surface area contributed by atoms with Crippen LogP contribution in [0.3, 0.4) is 0 Å². The van der Waals surface area contributed by atoms with E-state index in [0.29, 0.717) is 0 Å². The van der Waals surface area contributed by atoms with Crippen LogP contribution in [-0.4, -0.2) is 46.9 Å². The van der Waals surface area contributed by atoms with Crippen molar-refractivity contribution >= 4 is 5.91 Å². The van der Waals surface area contributed by atoms with Crippen molar-refractivity contribution in [2.45, 2.75) is 42.6 Å². The van der Waals surface area contributed by atoms with Crippen LogP contribution in [0.15, 0.2) is 24.5 Å². The van der Waals surface area contributed by atoms with Gasteiger partial charge >= 0.3 is 36.0 Å². The summed E-state index contributed by atoms with van der Waals surface area (Å²) in [5.74, 6) is -39.9. The number of halogens is 12. The molecule has 0 saturated carbocycles. The molecule has 0 aliphatic rings. The van der Waals surface area contributed by atoms with Gasteiger partial charge in [0.2, 0.25) is 0 Å². The largest absolute Gasteiger partial charge is 0.392 e. The minimum absolute atomic E-state index is 0.115. The Hall–Kier alpha value is -2.22. The summed E-state index contributed by atoms with van der Waals surface area (Å²) in [4.78, 5) is 14.6. The van der Waals surface area contributed by atoms with E-state index in [-0.39, 0.29) is 5.56 Å². The summed E-state index contributed by atoms with van der Waals surface area (Å²) in [6.45, 7) is -1.01. The average Bonchev–Trinajstić information content (AvgIpc) is 2.59. The molecule has 1 aromatic rings. The van der Waals surface area contributed by atoms with Gasteiger partial charge in [-0.3, -0.25) is 9.78 Å². The zero-order chi connectivity index (χ0) is 22.2. The molecule has 0 aliphatic carbocycles. The van der Waals surface area contributed by atoms with Crippen LogP contribution in [0.2, 0.25) is 0 Å².